The minimum atomic E-state index is -0.677. The largest absolute Gasteiger partial charge is 0.375 e. The van der Waals surface area contributed by atoms with Gasteiger partial charge in [0, 0.05) is 13.1 Å². The maximum Gasteiger partial charge on any atom is 0.334 e. The van der Waals surface area contributed by atoms with Crippen LogP contribution < -0.4 is 5.32 Å². The van der Waals surface area contributed by atoms with E-state index in [9.17, 15) is 14.4 Å². The fourth-order valence-corrected chi connectivity index (χ4v) is 5.22. The van der Waals surface area contributed by atoms with Crippen LogP contribution >= 0.6 is 0 Å². The Bertz CT molecular complexity index is 1210. The highest BCUT2D eigenvalue weighted by atomic mass is 16.5. The van der Waals surface area contributed by atoms with Gasteiger partial charge in [0.05, 0.1) is 32.8 Å². The number of ether oxygens (including phenoxy) is 1. The molecule has 4 rings (SSSR count). The molecule has 2 saturated heterocycles. The van der Waals surface area contributed by atoms with Crippen molar-refractivity contribution in [2.75, 3.05) is 32.8 Å². The van der Waals surface area contributed by atoms with E-state index in [0.717, 1.165) is 11.1 Å². The molecular weight excluding hydrogens is 506 g/mol. The van der Waals surface area contributed by atoms with Gasteiger partial charge in [-0.05, 0) is 30.4 Å². The van der Waals surface area contributed by atoms with Gasteiger partial charge in [0.25, 0.3) is 0 Å². The number of hydrogen-bond donors (Lipinski definition) is 1. The van der Waals surface area contributed by atoms with Crippen LogP contribution in [0.3, 0.4) is 0 Å². The summed E-state index contributed by atoms with van der Waals surface area (Å²) in [6.07, 6.45) is 5.44. The molecule has 2 atom stereocenters. The first-order valence-corrected chi connectivity index (χ1v) is 13.8. The first kappa shape index (κ1) is 29.1. The number of aryl methyl sites for hydroxylation is 1. The highest BCUT2D eigenvalue weighted by Crippen LogP contribution is 2.29. The van der Waals surface area contributed by atoms with Gasteiger partial charge >= 0.3 is 6.03 Å². The molecule has 2 aliphatic rings. The van der Waals surface area contributed by atoms with Crippen LogP contribution in [0.2, 0.25) is 0 Å². The Morgan fingerprint density at radius 1 is 1.10 bits per heavy atom. The Morgan fingerprint density at radius 3 is 2.50 bits per heavy atom. The van der Waals surface area contributed by atoms with Crippen molar-refractivity contribution in [3.05, 3.63) is 71.3 Å². The molecule has 2 aromatic carbocycles. The van der Waals surface area contributed by atoms with Gasteiger partial charge in [0.2, 0.25) is 11.8 Å². The zero-order chi connectivity index (χ0) is 28.6. The number of carbonyl (C=O) groups is 3. The minimum absolute atomic E-state index is 0.0685. The predicted octanol–water partition coefficient (Wildman–Crippen LogP) is 3.00. The van der Waals surface area contributed by atoms with Gasteiger partial charge in [-0.15, -0.1) is 6.42 Å². The van der Waals surface area contributed by atoms with E-state index in [1.807, 2.05) is 75.4 Å². The number of hydrazine groups is 1. The van der Waals surface area contributed by atoms with Crippen molar-refractivity contribution < 1.29 is 19.1 Å². The summed E-state index contributed by atoms with van der Waals surface area (Å²) in [6.45, 7) is 7.74. The Kier molecular flexibility index (Phi) is 9.80. The molecule has 4 amide bonds. The lowest BCUT2D eigenvalue weighted by atomic mass is 9.97. The van der Waals surface area contributed by atoms with Crippen molar-refractivity contribution in [3.8, 4) is 12.3 Å². The standard InChI is InChI=1S/C31H39N5O4/c1-5-15-34-21-29(37)35-27(18-23(2)3)30(38)33(16-17-40-22-26-13-11-24(4)12-14-26)20-28(35)36(34)31(39)32-19-25-9-7-6-8-10-25/h1,6-14,23,27-28H,15-22H2,2-4H3,(H,32,39)/t27-,28-/m0/s1. The van der Waals surface area contributed by atoms with Gasteiger partial charge in [0.1, 0.15) is 12.2 Å². The lowest BCUT2D eigenvalue weighted by Crippen LogP contribution is -2.76. The zero-order valence-electron chi connectivity index (χ0n) is 23.6. The summed E-state index contributed by atoms with van der Waals surface area (Å²) in [6, 6.07) is 16.7. The zero-order valence-corrected chi connectivity index (χ0v) is 23.6. The van der Waals surface area contributed by atoms with E-state index >= 15 is 0 Å². The number of benzene rings is 2. The SMILES string of the molecule is C#CCN1CC(=O)N2[C@@H](CC(C)C)C(=O)N(CCOCc3ccc(C)cc3)C[C@@H]2N1C(=O)NCc1ccccc1. The van der Waals surface area contributed by atoms with Gasteiger partial charge in [-0.3, -0.25) is 9.59 Å². The molecule has 0 spiro atoms. The summed E-state index contributed by atoms with van der Waals surface area (Å²) in [5, 5.41) is 6.10. The number of amides is 4. The highest BCUT2D eigenvalue weighted by Gasteiger charge is 2.51. The van der Waals surface area contributed by atoms with Crippen LogP contribution in [0.4, 0.5) is 4.79 Å². The third-order valence-corrected chi connectivity index (χ3v) is 7.19. The molecule has 0 aliphatic carbocycles. The second-order valence-corrected chi connectivity index (χ2v) is 10.8. The summed E-state index contributed by atoms with van der Waals surface area (Å²) in [4.78, 5) is 44.0. The van der Waals surface area contributed by atoms with Crippen LogP contribution in [0.5, 0.6) is 0 Å². The van der Waals surface area contributed by atoms with Gasteiger partial charge < -0.3 is 19.9 Å². The van der Waals surface area contributed by atoms with Crippen molar-refractivity contribution in [2.45, 2.75) is 52.6 Å². The first-order chi connectivity index (χ1) is 19.3. The average Bonchev–Trinajstić information content (AvgIpc) is 2.93. The van der Waals surface area contributed by atoms with Crippen molar-refractivity contribution >= 4 is 17.8 Å². The summed E-state index contributed by atoms with van der Waals surface area (Å²) >= 11 is 0. The maximum absolute atomic E-state index is 13.7. The smallest absolute Gasteiger partial charge is 0.334 e. The topological polar surface area (TPSA) is 85.4 Å². The molecule has 1 N–H and O–H groups in total. The number of rotatable bonds is 10. The lowest BCUT2D eigenvalue weighted by Gasteiger charge is -2.55. The second-order valence-electron chi connectivity index (χ2n) is 10.8. The summed E-state index contributed by atoms with van der Waals surface area (Å²) < 4.78 is 5.90. The van der Waals surface area contributed by atoms with Crippen LogP contribution in [-0.2, 0) is 27.5 Å². The maximum atomic E-state index is 13.7. The predicted molar refractivity (Wildman–Crippen MR) is 152 cm³/mol. The Hall–Kier alpha value is -3.87. The molecule has 2 fully saturated rings. The van der Waals surface area contributed by atoms with Crippen molar-refractivity contribution in [2.24, 2.45) is 5.92 Å². The third kappa shape index (κ3) is 7.00. The van der Waals surface area contributed by atoms with Crippen LogP contribution in [0.25, 0.3) is 0 Å². The number of hydrogen-bond acceptors (Lipinski definition) is 5. The van der Waals surface area contributed by atoms with Gasteiger partial charge in [-0.1, -0.05) is 79.9 Å². The van der Waals surface area contributed by atoms with E-state index in [1.165, 1.54) is 10.6 Å². The van der Waals surface area contributed by atoms with Gasteiger partial charge in [-0.25, -0.2) is 9.80 Å². The highest BCUT2D eigenvalue weighted by molar-refractivity contribution is 5.91. The van der Waals surface area contributed by atoms with E-state index in [2.05, 4.69) is 11.2 Å². The molecule has 2 aliphatic heterocycles. The van der Waals surface area contributed by atoms with Crippen LogP contribution in [0, 0.1) is 25.2 Å². The summed E-state index contributed by atoms with van der Waals surface area (Å²) in [5.41, 5.74) is 3.19. The van der Waals surface area contributed by atoms with E-state index in [1.54, 1.807) is 14.8 Å². The number of urea groups is 1. The van der Waals surface area contributed by atoms with Gasteiger partial charge in [-0.2, -0.15) is 5.01 Å². The molecule has 9 heteroatoms. The molecule has 0 unspecified atom stereocenters. The average molecular weight is 546 g/mol. The fourth-order valence-electron chi connectivity index (χ4n) is 5.22. The van der Waals surface area contributed by atoms with Crippen molar-refractivity contribution in [1.82, 2.24) is 25.1 Å². The van der Waals surface area contributed by atoms with Crippen molar-refractivity contribution in [1.29, 1.82) is 0 Å². The minimum Gasteiger partial charge on any atom is -0.375 e. The number of nitrogens with zero attached hydrogens (tertiary/aromatic N) is 4. The number of carbonyl (C=O) groups excluding carboxylic acids is 3. The van der Waals surface area contributed by atoms with Crippen LogP contribution in [0.1, 0.15) is 37.0 Å². The first-order valence-electron chi connectivity index (χ1n) is 13.8. The molecule has 0 aromatic heterocycles. The molecule has 2 heterocycles. The van der Waals surface area contributed by atoms with Crippen LogP contribution in [0.15, 0.2) is 54.6 Å². The lowest BCUT2D eigenvalue weighted by molar-refractivity contribution is -0.190. The second kappa shape index (κ2) is 13.5. The monoisotopic (exact) mass is 545 g/mol. The number of nitrogens with one attached hydrogen (secondary N) is 1. The van der Waals surface area contributed by atoms with E-state index in [-0.39, 0.29) is 43.4 Å². The van der Waals surface area contributed by atoms with Crippen molar-refractivity contribution in [3.63, 3.8) is 0 Å². The Labute approximate surface area is 237 Å². The Balaban J connectivity index is 1.52. The van der Waals surface area contributed by atoms with Gasteiger partial charge in [0.15, 0.2) is 0 Å². The molecule has 212 valence electrons. The molecule has 40 heavy (non-hydrogen) atoms. The number of fused-ring (bicyclic) bond motifs is 1. The number of terminal acetylenes is 1. The molecule has 0 radical (unpaired) electrons. The molecule has 9 nitrogen and oxygen atoms in total. The normalized spacial score (nSPS) is 19.5. The molecule has 2 aromatic rings. The summed E-state index contributed by atoms with van der Waals surface area (Å²) in [5.74, 6) is 2.41. The molecular formula is C31H39N5O4. The van der Waals surface area contributed by atoms with E-state index in [4.69, 9.17) is 11.2 Å². The quantitative estimate of drug-likeness (QED) is 0.367. The number of piperazine rings is 1. The molecule has 0 bridgehead atoms. The van der Waals surface area contributed by atoms with E-state index in [0.29, 0.717) is 32.7 Å². The fraction of sp³-hybridized carbons (Fsp3) is 0.452. The summed E-state index contributed by atoms with van der Waals surface area (Å²) in [7, 11) is 0. The van der Waals surface area contributed by atoms with E-state index < -0.39 is 12.2 Å². The third-order valence-electron chi connectivity index (χ3n) is 7.19. The van der Waals surface area contributed by atoms with Crippen LogP contribution in [-0.4, -0.2) is 82.7 Å². The Morgan fingerprint density at radius 2 is 1.82 bits per heavy atom. The molecule has 0 saturated carbocycles.